The Morgan fingerprint density at radius 3 is 3.11 bits per heavy atom. The number of rotatable bonds is 4. The first-order valence-corrected chi connectivity index (χ1v) is 6.43. The van der Waals surface area contributed by atoms with E-state index in [-0.39, 0.29) is 11.9 Å². The van der Waals surface area contributed by atoms with Crippen molar-refractivity contribution in [2.45, 2.75) is 25.8 Å². The predicted molar refractivity (Wildman–Crippen MR) is 72.8 cm³/mol. The Morgan fingerprint density at radius 2 is 2.39 bits per heavy atom. The van der Waals surface area contributed by atoms with Gasteiger partial charge in [0.25, 0.3) is 0 Å². The van der Waals surface area contributed by atoms with Crippen molar-refractivity contribution in [3.63, 3.8) is 0 Å². The number of likely N-dealkylation sites (N-methyl/N-ethyl adjacent to an activating group) is 1. The average Bonchev–Trinajstić information content (AvgIpc) is 2.88. The number of amides is 1. The van der Waals surface area contributed by atoms with Crippen LogP contribution in [-0.2, 0) is 4.79 Å². The molecule has 0 aromatic carbocycles. The molecule has 2 heterocycles. The van der Waals surface area contributed by atoms with Gasteiger partial charge >= 0.3 is 0 Å². The molecular weight excluding hydrogens is 228 g/mol. The molecule has 5 nitrogen and oxygen atoms in total. The molecule has 1 aliphatic rings. The molecule has 1 unspecified atom stereocenters. The highest BCUT2D eigenvalue weighted by atomic mass is 16.2. The van der Waals surface area contributed by atoms with Crippen molar-refractivity contribution >= 4 is 17.3 Å². The lowest BCUT2D eigenvalue weighted by atomic mass is 10.2. The van der Waals surface area contributed by atoms with Gasteiger partial charge in [0.2, 0.25) is 5.91 Å². The van der Waals surface area contributed by atoms with Crippen LogP contribution in [0.1, 0.15) is 19.8 Å². The van der Waals surface area contributed by atoms with Gasteiger partial charge in [-0.2, -0.15) is 0 Å². The highest BCUT2D eigenvalue weighted by Crippen LogP contribution is 2.26. The van der Waals surface area contributed by atoms with E-state index in [2.05, 4.69) is 33.5 Å². The van der Waals surface area contributed by atoms with Crippen LogP contribution in [0.15, 0.2) is 18.5 Å². The van der Waals surface area contributed by atoms with E-state index < -0.39 is 0 Å². The molecule has 18 heavy (non-hydrogen) atoms. The number of hydrogen-bond donors (Lipinski definition) is 2. The van der Waals surface area contributed by atoms with Crippen LogP contribution >= 0.6 is 0 Å². The molecule has 1 fully saturated rings. The van der Waals surface area contributed by atoms with E-state index in [1.807, 2.05) is 6.20 Å². The predicted octanol–water partition coefficient (Wildman–Crippen LogP) is 1.23. The van der Waals surface area contributed by atoms with Gasteiger partial charge in [-0.15, -0.1) is 0 Å². The third-order valence-corrected chi connectivity index (χ3v) is 3.24. The van der Waals surface area contributed by atoms with Crippen LogP contribution in [0.4, 0.5) is 11.4 Å². The molecule has 1 atom stereocenters. The molecule has 0 radical (unpaired) electrons. The zero-order valence-electron chi connectivity index (χ0n) is 10.9. The molecule has 1 aromatic rings. The normalized spacial score (nSPS) is 18.8. The van der Waals surface area contributed by atoms with Crippen molar-refractivity contribution in [2.75, 3.05) is 30.4 Å². The van der Waals surface area contributed by atoms with E-state index in [9.17, 15) is 4.79 Å². The summed E-state index contributed by atoms with van der Waals surface area (Å²) in [6.07, 6.45) is 5.58. The average molecular weight is 248 g/mol. The highest BCUT2D eigenvalue weighted by molar-refractivity contribution is 5.85. The highest BCUT2D eigenvalue weighted by Gasteiger charge is 2.30. The Bertz CT molecular complexity index is 421. The number of aromatic nitrogens is 1. The van der Waals surface area contributed by atoms with Gasteiger partial charge in [-0.05, 0) is 25.8 Å². The zero-order chi connectivity index (χ0) is 13.0. The fraction of sp³-hybridized carbons (Fsp3) is 0.538. The zero-order valence-corrected chi connectivity index (χ0v) is 10.9. The molecule has 1 aromatic heterocycles. The molecule has 0 spiro atoms. The summed E-state index contributed by atoms with van der Waals surface area (Å²) in [6.45, 7) is 3.83. The minimum atomic E-state index is -0.0614. The van der Waals surface area contributed by atoms with Crippen molar-refractivity contribution in [1.29, 1.82) is 0 Å². The van der Waals surface area contributed by atoms with Crippen LogP contribution in [0.25, 0.3) is 0 Å². The Kier molecular flexibility index (Phi) is 4.02. The third-order valence-electron chi connectivity index (χ3n) is 3.24. The minimum Gasteiger partial charge on any atom is -0.384 e. The van der Waals surface area contributed by atoms with Gasteiger partial charge in [-0.3, -0.25) is 9.78 Å². The van der Waals surface area contributed by atoms with E-state index in [0.29, 0.717) is 0 Å². The van der Waals surface area contributed by atoms with Crippen LogP contribution in [0.3, 0.4) is 0 Å². The van der Waals surface area contributed by atoms with Crippen molar-refractivity contribution in [3.05, 3.63) is 18.5 Å². The molecule has 5 heteroatoms. The van der Waals surface area contributed by atoms with Crippen LogP contribution in [0, 0.1) is 0 Å². The summed E-state index contributed by atoms with van der Waals surface area (Å²) in [7, 11) is 1.69. The maximum Gasteiger partial charge on any atom is 0.242 e. The lowest BCUT2D eigenvalue weighted by Crippen LogP contribution is -2.42. The van der Waals surface area contributed by atoms with E-state index in [4.69, 9.17) is 0 Å². The first kappa shape index (κ1) is 12.7. The minimum absolute atomic E-state index is 0.0614. The molecule has 1 aliphatic heterocycles. The fourth-order valence-electron chi connectivity index (χ4n) is 2.40. The SMILES string of the molecule is CCNc1cncc(N2CCCC2C(=O)NC)c1. The molecule has 0 aliphatic carbocycles. The first-order chi connectivity index (χ1) is 8.76. The lowest BCUT2D eigenvalue weighted by molar-refractivity contribution is -0.121. The number of nitrogens with zero attached hydrogens (tertiary/aromatic N) is 2. The molecule has 0 bridgehead atoms. The lowest BCUT2D eigenvalue weighted by Gasteiger charge is -2.25. The smallest absolute Gasteiger partial charge is 0.242 e. The molecule has 1 saturated heterocycles. The van der Waals surface area contributed by atoms with Gasteiger partial charge in [0.1, 0.15) is 6.04 Å². The molecule has 1 amide bonds. The maximum atomic E-state index is 11.8. The number of hydrogen-bond acceptors (Lipinski definition) is 4. The number of nitrogens with one attached hydrogen (secondary N) is 2. The summed E-state index contributed by atoms with van der Waals surface area (Å²) in [4.78, 5) is 18.2. The number of carbonyl (C=O) groups is 1. The summed E-state index contributed by atoms with van der Waals surface area (Å²) in [6, 6.07) is 1.99. The van der Waals surface area contributed by atoms with Gasteiger partial charge < -0.3 is 15.5 Å². The quantitative estimate of drug-likeness (QED) is 0.841. The van der Waals surface area contributed by atoms with E-state index >= 15 is 0 Å². The largest absolute Gasteiger partial charge is 0.384 e. The van der Waals surface area contributed by atoms with Crippen LogP contribution in [-0.4, -0.2) is 37.1 Å². The van der Waals surface area contributed by atoms with Crippen LogP contribution < -0.4 is 15.5 Å². The summed E-state index contributed by atoms with van der Waals surface area (Å²) in [5, 5.41) is 5.97. The third kappa shape index (κ3) is 2.55. The Labute approximate surface area is 108 Å². The molecule has 0 saturated carbocycles. The Hall–Kier alpha value is -1.78. The maximum absolute atomic E-state index is 11.8. The second-order valence-corrected chi connectivity index (χ2v) is 4.43. The standard InChI is InChI=1S/C13H20N4O/c1-3-16-10-7-11(9-15-8-10)17-6-4-5-12(17)13(18)14-2/h7-9,12,16H,3-6H2,1-2H3,(H,14,18). The van der Waals surface area contributed by atoms with Gasteiger partial charge in [0.05, 0.1) is 23.8 Å². The van der Waals surface area contributed by atoms with Crippen molar-refractivity contribution < 1.29 is 4.79 Å². The second kappa shape index (κ2) is 5.71. The van der Waals surface area contributed by atoms with E-state index in [1.165, 1.54) is 0 Å². The summed E-state index contributed by atoms with van der Waals surface area (Å²) in [5.74, 6) is 0.0846. The monoisotopic (exact) mass is 248 g/mol. The Balaban J connectivity index is 2.19. The fourth-order valence-corrected chi connectivity index (χ4v) is 2.40. The number of carbonyl (C=O) groups excluding carboxylic acids is 1. The van der Waals surface area contributed by atoms with Gasteiger partial charge in [-0.1, -0.05) is 0 Å². The van der Waals surface area contributed by atoms with E-state index in [0.717, 1.165) is 37.3 Å². The molecular formula is C13H20N4O. The van der Waals surface area contributed by atoms with Crippen molar-refractivity contribution in [3.8, 4) is 0 Å². The molecule has 2 N–H and O–H groups in total. The second-order valence-electron chi connectivity index (χ2n) is 4.43. The van der Waals surface area contributed by atoms with Crippen molar-refractivity contribution in [2.24, 2.45) is 0 Å². The van der Waals surface area contributed by atoms with Crippen molar-refractivity contribution in [1.82, 2.24) is 10.3 Å². The topological polar surface area (TPSA) is 57.3 Å². The first-order valence-electron chi connectivity index (χ1n) is 6.43. The van der Waals surface area contributed by atoms with Crippen LogP contribution in [0.2, 0.25) is 0 Å². The van der Waals surface area contributed by atoms with Gasteiger partial charge in [0.15, 0.2) is 0 Å². The summed E-state index contributed by atoms with van der Waals surface area (Å²) in [5.41, 5.74) is 2.01. The summed E-state index contributed by atoms with van der Waals surface area (Å²) >= 11 is 0. The number of anilines is 2. The van der Waals surface area contributed by atoms with Gasteiger partial charge in [0, 0.05) is 20.1 Å². The Morgan fingerprint density at radius 1 is 1.56 bits per heavy atom. The molecule has 2 rings (SSSR count). The van der Waals surface area contributed by atoms with Crippen LogP contribution in [0.5, 0.6) is 0 Å². The van der Waals surface area contributed by atoms with E-state index in [1.54, 1.807) is 13.2 Å². The van der Waals surface area contributed by atoms with Gasteiger partial charge in [-0.25, -0.2) is 0 Å². The number of pyridine rings is 1. The molecule has 98 valence electrons. The summed E-state index contributed by atoms with van der Waals surface area (Å²) < 4.78 is 0.